The molecular formula is C36H46ClN3O7. The molecule has 0 saturated carbocycles. The van der Waals surface area contributed by atoms with E-state index < -0.39 is 53.8 Å². The van der Waals surface area contributed by atoms with Gasteiger partial charge in [0.05, 0.1) is 24.2 Å². The molecule has 3 N–H and O–H groups in total. The molecule has 2 heterocycles. The molecule has 0 radical (unpaired) electrons. The summed E-state index contributed by atoms with van der Waals surface area (Å²) in [6.45, 7) is 9.27. The molecule has 2 aliphatic rings. The van der Waals surface area contributed by atoms with E-state index in [2.05, 4.69) is 16.0 Å². The van der Waals surface area contributed by atoms with Gasteiger partial charge < -0.3 is 30.2 Å². The Labute approximate surface area is 281 Å². The molecule has 2 aliphatic heterocycles. The predicted octanol–water partition coefficient (Wildman–Crippen LogP) is 4.70. The van der Waals surface area contributed by atoms with Crippen LogP contribution in [0.2, 0.25) is 5.02 Å². The number of carbonyl (C=O) groups excluding carboxylic acids is 4. The zero-order chi connectivity index (χ0) is 34.2. The molecule has 0 spiro atoms. The van der Waals surface area contributed by atoms with Gasteiger partial charge in [0, 0.05) is 24.8 Å². The fourth-order valence-corrected chi connectivity index (χ4v) is 6.00. The second-order valence-corrected chi connectivity index (χ2v) is 13.3. The predicted molar refractivity (Wildman–Crippen MR) is 179 cm³/mol. The van der Waals surface area contributed by atoms with E-state index in [0.29, 0.717) is 22.8 Å². The van der Waals surface area contributed by atoms with Crippen molar-refractivity contribution in [2.75, 3.05) is 7.11 Å². The summed E-state index contributed by atoms with van der Waals surface area (Å²) >= 11 is 6.33. The van der Waals surface area contributed by atoms with E-state index in [4.69, 9.17) is 25.8 Å². The second kappa shape index (κ2) is 16.3. The lowest BCUT2D eigenvalue weighted by Gasteiger charge is -2.29. The van der Waals surface area contributed by atoms with Crippen LogP contribution >= 0.6 is 11.6 Å². The second-order valence-electron chi connectivity index (χ2n) is 12.9. The summed E-state index contributed by atoms with van der Waals surface area (Å²) in [6.07, 6.45) is 2.78. The Bertz CT molecular complexity index is 1450. The number of carbonyl (C=O) groups is 4. The number of hydrogen-bond donors (Lipinski definition) is 3. The van der Waals surface area contributed by atoms with E-state index in [9.17, 15) is 19.2 Å². The molecule has 11 heteroatoms. The molecule has 1 fully saturated rings. The van der Waals surface area contributed by atoms with Gasteiger partial charge >= 0.3 is 5.97 Å². The molecule has 0 aromatic heterocycles. The summed E-state index contributed by atoms with van der Waals surface area (Å²) < 4.78 is 17.4. The standard InChI is InChI=1S/C36H46ClN3O7/c1-20(2)17-28-36(44)46-29(22(4)32-33(47-32)25-11-8-7-9-12-25)13-10-14-31(41)39-27(19-24-15-16-30(45-6)26(37)18-24)35(43)38-23(5)21(3)34(42)40-28/h7-12,14-16,18,20-23,27-29,32-33H,13,17,19H2,1-6H3,(H,38,43)(H,39,41)(H,40,42)/b14-10+/t21-,22+,23?,27?,28+,29+,32-,33-/m1/s1. The van der Waals surface area contributed by atoms with Crippen LogP contribution < -0.4 is 20.7 Å². The first-order valence-corrected chi connectivity index (χ1v) is 16.6. The molecule has 254 valence electrons. The Morgan fingerprint density at radius 3 is 2.32 bits per heavy atom. The zero-order valence-corrected chi connectivity index (χ0v) is 28.6. The Morgan fingerprint density at radius 2 is 1.66 bits per heavy atom. The number of esters is 1. The smallest absolute Gasteiger partial charge is 0.328 e. The lowest BCUT2D eigenvalue weighted by atomic mass is 9.93. The molecular weight excluding hydrogens is 622 g/mol. The lowest BCUT2D eigenvalue weighted by molar-refractivity contribution is -0.156. The number of halogens is 1. The topological polar surface area (TPSA) is 135 Å². The first-order chi connectivity index (χ1) is 22.4. The number of amides is 3. The SMILES string of the molecule is COc1ccc(CC2NC(=O)/C=C/C[C@@H]([C@H](C)[C@H]3O[C@@H]3c3ccccc3)OC(=O)[C@H](CC(C)C)NC(=O)[C@H](C)C(C)NC2=O)cc1Cl. The van der Waals surface area contributed by atoms with Crippen molar-refractivity contribution < 1.29 is 33.4 Å². The molecule has 8 atom stereocenters. The van der Waals surface area contributed by atoms with E-state index in [-0.39, 0.29) is 36.9 Å². The van der Waals surface area contributed by atoms with Gasteiger partial charge in [-0.25, -0.2) is 4.79 Å². The Hall–Kier alpha value is -3.89. The van der Waals surface area contributed by atoms with Gasteiger partial charge in [-0.05, 0) is 48.6 Å². The molecule has 2 aromatic carbocycles. The molecule has 1 saturated heterocycles. The van der Waals surface area contributed by atoms with E-state index in [1.807, 2.05) is 51.1 Å². The molecule has 47 heavy (non-hydrogen) atoms. The highest BCUT2D eigenvalue weighted by Gasteiger charge is 2.47. The van der Waals surface area contributed by atoms with Crippen LogP contribution in [-0.4, -0.2) is 61.1 Å². The minimum absolute atomic E-state index is 0.0896. The minimum atomic E-state index is -0.963. The summed E-state index contributed by atoms with van der Waals surface area (Å²) in [5, 5.41) is 8.92. The first-order valence-electron chi connectivity index (χ1n) is 16.2. The van der Waals surface area contributed by atoms with Gasteiger partial charge in [0.2, 0.25) is 17.7 Å². The highest BCUT2D eigenvalue weighted by Crippen LogP contribution is 2.45. The van der Waals surface area contributed by atoms with Crippen molar-refractivity contribution in [3.63, 3.8) is 0 Å². The third-order valence-electron chi connectivity index (χ3n) is 8.79. The molecule has 2 aromatic rings. The number of nitrogens with one attached hydrogen (secondary N) is 3. The Balaban J connectivity index is 1.61. The summed E-state index contributed by atoms with van der Waals surface area (Å²) in [6, 6.07) is 12.5. The quantitative estimate of drug-likeness (QED) is 0.275. The summed E-state index contributed by atoms with van der Waals surface area (Å²) in [5.41, 5.74) is 1.75. The summed E-state index contributed by atoms with van der Waals surface area (Å²) in [5.74, 6) is -2.22. The van der Waals surface area contributed by atoms with Crippen LogP contribution in [0.3, 0.4) is 0 Å². The Kier molecular flexibility index (Phi) is 12.5. The van der Waals surface area contributed by atoms with Crippen LogP contribution in [-0.2, 0) is 35.1 Å². The van der Waals surface area contributed by atoms with Crippen LogP contribution in [0, 0.1) is 17.8 Å². The highest BCUT2D eigenvalue weighted by atomic mass is 35.5. The van der Waals surface area contributed by atoms with Gasteiger partial charge in [0.15, 0.2) is 0 Å². The van der Waals surface area contributed by atoms with Crippen LogP contribution in [0.1, 0.15) is 64.7 Å². The number of benzene rings is 2. The lowest BCUT2D eigenvalue weighted by Crippen LogP contribution is -2.54. The molecule has 4 rings (SSSR count). The maximum Gasteiger partial charge on any atom is 0.328 e. The largest absolute Gasteiger partial charge is 0.495 e. The van der Waals surface area contributed by atoms with Crippen molar-refractivity contribution in [2.24, 2.45) is 17.8 Å². The third-order valence-corrected chi connectivity index (χ3v) is 9.09. The third kappa shape index (κ3) is 9.81. The average Bonchev–Trinajstić information content (AvgIpc) is 3.84. The van der Waals surface area contributed by atoms with Gasteiger partial charge in [0.25, 0.3) is 0 Å². The number of ether oxygens (including phenoxy) is 3. The minimum Gasteiger partial charge on any atom is -0.495 e. The van der Waals surface area contributed by atoms with Crippen LogP contribution in [0.4, 0.5) is 0 Å². The van der Waals surface area contributed by atoms with E-state index in [0.717, 1.165) is 5.56 Å². The van der Waals surface area contributed by atoms with E-state index in [1.54, 1.807) is 38.1 Å². The maximum absolute atomic E-state index is 13.6. The average molecular weight is 668 g/mol. The Morgan fingerprint density at radius 1 is 0.936 bits per heavy atom. The van der Waals surface area contributed by atoms with E-state index in [1.165, 1.54) is 13.2 Å². The van der Waals surface area contributed by atoms with Crippen molar-refractivity contribution in [1.82, 2.24) is 16.0 Å². The van der Waals surface area contributed by atoms with Crippen LogP contribution in [0.15, 0.2) is 60.7 Å². The van der Waals surface area contributed by atoms with Crippen LogP contribution in [0.25, 0.3) is 0 Å². The highest BCUT2D eigenvalue weighted by molar-refractivity contribution is 6.32. The molecule has 3 amide bonds. The van der Waals surface area contributed by atoms with Crippen LogP contribution in [0.5, 0.6) is 5.75 Å². The van der Waals surface area contributed by atoms with Gasteiger partial charge in [-0.2, -0.15) is 0 Å². The number of methoxy groups -OCH3 is 1. The number of rotatable bonds is 8. The summed E-state index contributed by atoms with van der Waals surface area (Å²) in [4.78, 5) is 53.7. The maximum atomic E-state index is 13.6. The van der Waals surface area contributed by atoms with Crippen molar-refractivity contribution >= 4 is 35.3 Å². The molecule has 10 nitrogen and oxygen atoms in total. The van der Waals surface area contributed by atoms with Crippen molar-refractivity contribution in [3.8, 4) is 5.75 Å². The number of hydrogen-bond acceptors (Lipinski definition) is 7. The summed E-state index contributed by atoms with van der Waals surface area (Å²) in [7, 11) is 1.51. The van der Waals surface area contributed by atoms with Gasteiger partial charge in [-0.1, -0.05) is 81.8 Å². The number of epoxide rings is 1. The van der Waals surface area contributed by atoms with Crippen molar-refractivity contribution in [2.45, 2.75) is 90.3 Å². The monoisotopic (exact) mass is 667 g/mol. The zero-order valence-electron chi connectivity index (χ0n) is 27.8. The normalized spacial score (nSPS) is 28.8. The van der Waals surface area contributed by atoms with Crippen molar-refractivity contribution in [1.29, 1.82) is 0 Å². The van der Waals surface area contributed by atoms with Gasteiger partial charge in [-0.15, -0.1) is 0 Å². The van der Waals surface area contributed by atoms with Gasteiger partial charge in [-0.3, -0.25) is 14.4 Å². The van der Waals surface area contributed by atoms with Crippen molar-refractivity contribution in [3.05, 3.63) is 76.8 Å². The first kappa shape index (κ1) is 36.0. The molecule has 0 bridgehead atoms. The fourth-order valence-electron chi connectivity index (χ4n) is 5.72. The molecule has 0 aliphatic carbocycles. The number of cyclic esters (lactones) is 1. The fraction of sp³-hybridized carbons (Fsp3) is 0.500. The molecule has 2 unspecified atom stereocenters. The van der Waals surface area contributed by atoms with E-state index >= 15 is 0 Å². The van der Waals surface area contributed by atoms with Gasteiger partial charge in [0.1, 0.15) is 30.0 Å².